The smallest absolute Gasteiger partial charge is 0.245 e. The highest BCUT2D eigenvalue weighted by atomic mass is 16.2. The number of aromatic nitrogens is 4. The number of hydrogen-bond acceptors (Lipinski definition) is 6. The van der Waals surface area contributed by atoms with Gasteiger partial charge in [0.05, 0.1) is 35.4 Å². The molecule has 10 nitrogen and oxygen atoms in total. The lowest BCUT2D eigenvalue weighted by atomic mass is 10.0. The SMILES string of the molecule is CN(C)[C@@H](C(=O)N1CCC[C@H]1c1cc(-c2ccc(-c3ccc(-c4cnc([C@@H]5CCCN5C(=O)[C@@H](c5ccccc5)N(C)C)[nH]4)cc3)cc2)n[nH]1)c1ccccc1. The second kappa shape index (κ2) is 16.1. The lowest BCUT2D eigenvalue weighted by Crippen LogP contribution is -2.40. The van der Waals surface area contributed by atoms with Crippen LogP contribution in [0.5, 0.6) is 0 Å². The van der Waals surface area contributed by atoms with Gasteiger partial charge in [-0.25, -0.2) is 4.98 Å². The van der Waals surface area contributed by atoms with Crippen LogP contribution in [0.4, 0.5) is 0 Å². The number of likely N-dealkylation sites (N-methyl/N-ethyl adjacent to an activating group) is 2. The van der Waals surface area contributed by atoms with Crippen molar-refractivity contribution in [1.82, 2.24) is 39.8 Å². The Morgan fingerprint density at radius 3 is 1.66 bits per heavy atom. The van der Waals surface area contributed by atoms with Crippen LogP contribution in [0, 0.1) is 0 Å². The number of carbonyl (C=O) groups excluding carboxylic acids is 2. The van der Waals surface area contributed by atoms with Crippen molar-refractivity contribution in [2.75, 3.05) is 41.3 Å². The zero-order valence-corrected chi connectivity index (χ0v) is 32.6. The molecular weight excluding hydrogens is 697 g/mol. The molecule has 0 spiro atoms. The van der Waals surface area contributed by atoms with Crippen molar-refractivity contribution in [3.63, 3.8) is 0 Å². The Morgan fingerprint density at radius 2 is 1.12 bits per heavy atom. The van der Waals surface area contributed by atoms with Crippen molar-refractivity contribution in [3.05, 3.63) is 144 Å². The molecule has 6 aromatic rings. The van der Waals surface area contributed by atoms with E-state index in [0.717, 1.165) is 95.1 Å². The summed E-state index contributed by atoms with van der Waals surface area (Å²) in [6, 6.07) is 38.3. The zero-order valence-electron chi connectivity index (χ0n) is 32.6. The summed E-state index contributed by atoms with van der Waals surface area (Å²) in [4.78, 5) is 44.2. The molecule has 8 rings (SSSR count). The van der Waals surface area contributed by atoms with E-state index in [0.29, 0.717) is 0 Å². The molecule has 2 aromatic heterocycles. The minimum Gasteiger partial charge on any atom is -0.340 e. The zero-order chi connectivity index (χ0) is 38.8. The van der Waals surface area contributed by atoms with Gasteiger partial charge < -0.3 is 14.8 Å². The quantitative estimate of drug-likeness (QED) is 0.139. The fourth-order valence-corrected chi connectivity index (χ4v) is 8.56. The van der Waals surface area contributed by atoms with Crippen molar-refractivity contribution < 1.29 is 9.59 Å². The van der Waals surface area contributed by atoms with Crippen molar-refractivity contribution in [1.29, 1.82) is 0 Å². The fourth-order valence-electron chi connectivity index (χ4n) is 8.56. The van der Waals surface area contributed by atoms with Crippen LogP contribution >= 0.6 is 0 Å². The summed E-state index contributed by atoms with van der Waals surface area (Å²) in [6.45, 7) is 1.45. The van der Waals surface area contributed by atoms with Crippen molar-refractivity contribution >= 4 is 11.8 Å². The van der Waals surface area contributed by atoms with Gasteiger partial charge in [-0.2, -0.15) is 5.10 Å². The van der Waals surface area contributed by atoms with E-state index in [1.54, 1.807) is 0 Å². The number of aromatic amines is 2. The first kappa shape index (κ1) is 37.1. The van der Waals surface area contributed by atoms with Crippen molar-refractivity contribution in [3.8, 4) is 33.6 Å². The number of imidazole rings is 1. The third-order valence-electron chi connectivity index (χ3n) is 11.4. The van der Waals surface area contributed by atoms with Gasteiger partial charge in [0.2, 0.25) is 11.8 Å². The molecule has 2 fully saturated rings. The van der Waals surface area contributed by atoms with Crippen LogP contribution in [-0.2, 0) is 9.59 Å². The lowest BCUT2D eigenvalue weighted by molar-refractivity contribution is -0.138. The highest BCUT2D eigenvalue weighted by Crippen LogP contribution is 2.37. The minimum absolute atomic E-state index is 0.0340. The molecule has 0 radical (unpaired) electrons. The van der Waals surface area contributed by atoms with E-state index in [1.165, 1.54) is 0 Å². The second-order valence-corrected chi connectivity index (χ2v) is 15.5. The van der Waals surface area contributed by atoms with E-state index in [1.807, 2.05) is 115 Å². The molecule has 4 atom stereocenters. The highest BCUT2D eigenvalue weighted by Gasteiger charge is 2.38. The van der Waals surface area contributed by atoms with Gasteiger partial charge in [0, 0.05) is 18.7 Å². The Bertz CT molecular complexity index is 2080. The van der Waals surface area contributed by atoms with Crippen LogP contribution in [0.1, 0.15) is 72.5 Å². The summed E-state index contributed by atoms with van der Waals surface area (Å²) in [7, 11) is 7.85. The maximum absolute atomic E-state index is 13.9. The van der Waals surface area contributed by atoms with E-state index in [9.17, 15) is 9.59 Å². The van der Waals surface area contributed by atoms with E-state index >= 15 is 0 Å². The van der Waals surface area contributed by atoms with Gasteiger partial charge in [0.1, 0.15) is 17.9 Å². The van der Waals surface area contributed by atoms with Gasteiger partial charge in [-0.05, 0) is 87.8 Å². The first-order chi connectivity index (χ1) is 27.3. The van der Waals surface area contributed by atoms with Crippen LogP contribution in [0.15, 0.2) is 121 Å². The predicted octanol–water partition coefficient (Wildman–Crippen LogP) is 8.07. The number of H-pyrrole nitrogens is 2. The molecule has 0 aliphatic carbocycles. The highest BCUT2D eigenvalue weighted by molar-refractivity contribution is 5.85. The molecule has 4 aromatic carbocycles. The van der Waals surface area contributed by atoms with Crippen LogP contribution in [0.25, 0.3) is 33.6 Å². The average Bonchev–Trinajstić information content (AvgIpc) is 4.06. The Kier molecular flexibility index (Phi) is 10.7. The van der Waals surface area contributed by atoms with Crippen LogP contribution < -0.4 is 0 Å². The molecule has 286 valence electrons. The number of carbonyl (C=O) groups is 2. The normalized spacial score (nSPS) is 18.2. The van der Waals surface area contributed by atoms with Crippen LogP contribution in [0.2, 0.25) is 0 Å². The van der Waals surface area contributed by atoms with Crippen LogP contribution in [0.3, 0.4) is 0 Å². The molecule has 2 N–H and O–H groups in total. The summed E-state index contributed by atoms with van der Waals surface area (Å²) in [5, 5.41) is 7.94. The minimum atomic E-state index is -0.341. The largest absolute Gasteiger partial charge is 0.340 e. The van der Waals surface area contributed by atoms with Gasteiger partial charge in [-0.1, -0.05) is 109 Å². The molecule has 0 unspecified atom stereocenters. The summed E-state index contributed by atoms with van der Waals surface area (Å²) < 4.78 is 0. The van der Waals surface area contributed by atoms with Crippen molar-refractivity contribution in [2.24, 2.45) is 0 Å². The van der Waals surface area contributed by atoms with E-state index in [-0.39, 0.29) is 36.0 Å². The summed E-state index contributed by atoms with van der Waals surface area (Å²) in [5.74, 6) is 1.05. The number of benzene rings is 4. The molecule has 10 heteroatoms. The number of nitrogens with zero attached hydrogens (tertiary/aromatic N) is 6. The summed E-state index contributed by atoms with van der Waals surface area (Å²) in [5.41, 5.74) is 9.04. The van der Waals surface area contributed by atoms with Crippen LogP contribution in [-0.4, -0.2) is 92.9 Å². The monoisotopic (exact) mass is 746 g/mol. The number of amides is 2. The number of rotatable bonds is 11. The molecular formula is C46H50N8O2. The van der Waals surface area contributed by atoms with Gasteiger partial charge in [-0.3, -0.25) is 24.5 Å². The maximum Gasteiger partial charge on any atom is 0.245 e. The maximum atomic E-state index is 13.9. The van der Waals surface area contributed by atoms with Gasteiger partial charge >= 0.3 is 0 Å². The van der Waals surface area contributed by atoms with E-state index in [2.05, 4.69) is 69.8 Å². The Morgan fingerprint density at radius 1 is 0.643 bits per heavy atom. The number of nitrogens with one attached hydrogen (secondary N) is 2. The molecule has 56 heavy (non-hydrogen) atoms. The second-order valence-electron chi connectivity index (χ2n) is 15.5. The number of likely N-dealkylation sites (tertiary alicyclic amines) is 2. The number of hydrogen-bond donors (Lipinski definition) is 2. The molecule has 2 amide bonds. The molecule has 0 bridgehead atoms. The Labute approximate surface area is 329 Å². The summed E-state index contributed by atoms with van der Waals surface area (Å²) in [6.07, 6.45) is 5.57. The van der Waals surface area contributed by atoms with E-state index < -0.39 is 0 Å². The Hall–Kier alpha value is -5.84. The molecule has 4 heterocycles. The topological polar surface area (TPSA) is 104 Å². The standard InChI is InChI=1S/C46H50N8O2/c1-51(2)42(35-13-7-5-8-14-35)45(55)53-27-11-17-40(53)38-29-37(49-50-38)33-23-19-31(20-24-33)32-21-25-34(26-22-32)39-30-47-44(48-39)41-18-12-28-54(41)46(56)43(52(3)4)36-15-9-6-10-16-36/h5-10,13-16,19-26,29-30,40-43H,11-12,17-18,27-28H2,1-4H3,(H,47,48)(H,49,50)/t40-,41-,42+,43+/m0/s1. The van der Waals surface area contributed by atoms with E-state index in [4.69, 9.17) is 4.98 Å². The first-order valence-electron chi connectivity index (χ1n) is 19.6. The molecule has 0 saturated carbocycles. The van der Waals surface area contributed by atoms with Crippen molar-refractivity contribution in [2.45, 2.75) is 49.9 Å². The first-order valence-corrected chi connectivity index (χ1v) is 19.6. The third-order valence-corrected chi connectivity index (χ3v) is 11.4. The fraction of sp³-hybridized carbons (Fsp3) is 0.304. The molecule has 2 saturated heterocycles. The summed E-state index contributed by atoms with van der Waals surface area (Å²) >= 11 is 0. The molecule has 2 aliphatic rings. The molecule has 2 aliphatic heterocycles. The van der Waals surface area contributed by atoms with Gasteiger partial charge in [-0.15, -0.1) is 0 Å². The predicted molar refractivity (Wildman–Crippen MR) is 220 cm³/mol. The Balaban J connectivity index is 0.930. The van der Waals surface area contributed by atoms with Gasteiger partial charge in [0.25, 0.3) is 0 Å². The average molecular weight is 747 g/mol. The van der Waals surface area contributed by atoms with Gasteiger partial charge in [0.15, 0.2) is 0 Å². The lowest BCUT2D eigenvalue weighted by Gasteiger charge is -2.31. The third kappa shape index (κ3) is 7.42.